The van der Waals surface area contributed by atoms with Gasteiger partial charge in [0.15, 0.2) is 17.1 Å². The summed E-state index contributed by atoms with van der Waals surface area (Å²) in [6, 6.07) is 11.6. The van der Waals surface area contributed by atoms with E-state index in [1.807, 2.05) is 41.8 Å². The van der Waals surface area contributed by atoms with Crippen molar-refractivity contribution in [3.63, 3.8) is 0 Å². The number of methoxy groups -OCH3 is 1. The van der Waals surface area contributed by atoms with Crippen LogP contribution in [0.1, 0.15) is 16.1 Å². The number of esters is 1. The van der Waals surface area contributed by atoms with Gasteiger partial charge in [0.2, 0.25) is 5.95 Å². The van der Waals surface area contributed by atoms with Gasteiger partial charge in [-0.2, -0.15) is 9.50 Å². The highest BCUT2D eigenvalue weighted by molar-refractivity contribution is 7.18. The molecule has 0 saturated heterocycles. The van der Waals surface area contributed by atoms with Crippen LogP contribution in [-0.2, 0) is 11.3 Å². The van der Waals surface area contributed by atoms with Crippen molar-refractivity contribution >= 4 is 39.0 Å². The van der Waals surface area contributed by atoms with Crippen LogP contribution in [0.2, 0.25) is 0 Å². The predicted octanol–water partition coefficient (Wildman–Crippen LogP) is 2.89. The van der Waals surface area contributed by atoms with E-state index in [1.165, 1.54) is 23.0 Å². The van der Waals surface area contributed by atoms with E-state index in [-0.39, 0.29) is 11.6 Å². The monoisotopic (exact) mass is 354 g/mol. The smallest absolute Gasteiger partial charge is 0.360 e. The maximum absolute atomic E-state index is 12.4. The first kappa shape index (κ1) is 15.4. The van der Waals surface area contributed by atoms with Crippen LogP contribution < -0.4 is 10.5 Å². The van der Waals surface area contributed by atoms with E-state index in [1.54, 1.807) is 0 Å². The summed E-state index contributed by atoms with van der Waals surface area (Å²) in [7, 11) is 1.31. The summed E-state index contributed by atoms with van der Waals surface area (Å²) in [5.74, 6) is -0.0736. The van der Waals surface area contributed by atoms with Crippen LogP contribution in [0.15, 0.2) is 41.8 Å². The van der Waals surface area contributed by atoms with Crippen molar-refractivity contribution in [2.45, 2.75) is 6.61 Å². The Bertz CT molecular complexity index is 1070. The lowest BCUT2D eigenvalue weighted by molar-refractivity contribution is 0.0585. The molecule has 0 aliphatic rings. The van der Waals surface area contributed by atoms with Crippen LogP contribution in [0.25, 0.3) is 15.7 Å². The Balaban J connectivity index is 1.93. The molecule has 0 spiro atoms. The third kappa shape index (κ3) is 2.56. The van der Waals surface area contributed by atoms with Crippen molar-refractivity contribution in [1.82, 2.24) is 14.6 Å². The zero-order chi connectivity index (χ0) is 17.4. The number of fused-ring (bicyclic) bond motifs is 3. The number of rotatable bonds is 4. The Morgan fingerprint density at radius 2 is 2.08 bits per heavy atom. The van der Waals surface area contributed by atoms with Gasteiger partial charge in [-0.3, -0.25) is 0 Å². The highest BCUT2D eigenvalue weighted by Gasteiger charge is 2.25. The normalized spacial score (nSPS) is 11.1. The number of thiophene rings is 1. The number of pyridine rings is 1. The highest BCUT2D eigenvalue weighted by Crippen LogP contribution is 2.37. The quantitative estimate of drug-likeness (QED) is 0.567. The molecule has 1 aromatic carbocycles. The number of carbonyl (C=O) groups excluding carboxylic acids is 1. The van der Waals surface area contributed by atoms with Crippen LogP contribution in [0.4, 0.5) is 5.95 Å². The maximum Gasteiger partial charge on any atom is 0.360 e. The van der Waals surface area contributed by atoms with Gasteiger partial charge in [0.25, 0.3) is 0 Å². The molecule has 8 heteroatoms. The summed E-state index contributed by atoms with van der Waals surface area (Å²) in [5.41, 5.74) is 7.41. The number of aromatic nitrogens is 3. The van der Waals surface area contributed by atoms with Crippen LogP contribution in [0, 0.1) is 0 Å². The van der Waals surface area contributed by atoms with Gasteiger partial charge in [0.05, 0.1) is 11.8 Å². The molecular weight excluding hydrogens is 340 g/mol. The van der Waals surface area contributed by atoms with Gasteiger partial charge >= 0.3 is 5.97 Å². The topological polar surface area (TPSA) is 91.7 Å². The van der Waals surface area contributed by atoms with E-state index in [9.17, 15) is 4.79 Å². The van der Waals surface area contributed by atoms with Crippen LogP contribution >= 0.6 is 11.3 Å². The molecule has 0 amide bonds. The van der Waals surface area contributed by atoms with Crippen molar-refractivity contribution in [3.05, 3.63) is 53.0 Å². The molecule has 126 valence electrons. The average Bonchev–Trinajstić information content (AvgIpc) is 3.25. The molecule has 2 N–H and O–H groups in total. The van der Waals surface area contributed by atoms with Gasteiger partial charge in [0.1, 0.15) is 6.61 Å². The van der Waals surface area contributed by atoms with Gasteiger partial charge in [-0.15, -0.1) is 16.4 Å². The molecule has 0 atom stereocenters. The molecule has 4 rings (SSSR count). The molecule has 0 saturated carbocycles. The second-order valence-electron chi connectivity index (χ2n) is 5.31. The third-order valence-corrected chi connectivity index (χ3v) is 4.68. The minimum atomic E-state index is -0.564. The fraction of sp³-hybridized carbons (Fsp3) is 0.118. The predicted molar refractivity (Wildman–Crippen MR) is 94.9 cm³/mol. The number of nitrogens with zero attached hydrogens (tertiary/aromatic N) is 3. The Hall–Kier alpha value is -3.13. The fourth-order valence-electron chi connectivity index (χ4n) is 2.67. The number of nitrogens with two attached hydrogens (primary N) is 1. The standard InChI is InChI=1S/C17H14N4O3S/c1-23-16(22)12-13(24-9-10-5-3-2-4-6-10)11-7-8-25-14(11)15-19-17(18)20-21(12)15/h2-8H,9H2,1H3,(H2,18,20). The molecule has 4 aromatic rings. The number of carbonyl (C=O) groups is 1. The Labute approximate surface area is 146 Å². The second-order valence-corrected chi connectivity index (χ2v) is 6.23. The number of anilines is 1. The number of hydrogen-bond donors (Lipinski definition) is 1. The van der Waals surface area contributed by atoms with Crippen LogP contribution in [0.3, 0.4) is 0 Å². The van der Waals surface area contributed by atoms with Gasteiger partial charge in [-0.1, -0.05) is 30.3 Å². The van der Waals surface area contributed by atoms with Gasteiger partial charge < -0.3 is 15.2 Å². The summed E-state index contributed by atoms with van der Waals surface area (Å²) in [4.78, 5) is 16.6. The molecule has 0 bridgehead atoms. The minimum absolute atomic E-state index is 0.0834. The summed E-state index contributed by atoms with van der Waals surface area (Å²) in [6.07, 6.45) is 0. The molecule has 0 unspecified atom stereocenters. The van der Waals surface area contributed by atoms with Crippen molar-refractivity contribution in [1.29, 1.82) is 0 Å². The van der Waals surface area contributed by atoms with E-state index in [2.05, 4.69) is 10.1 Å². The number of benzene rings is 1. The lowest BCUT2D eigenvalue weighted by Crippen LogP contribution is -2.13. The van der Waals surface area contributed by atoms with Crippen LogP contribution in [0.5, 0.6) is 5.75 Å². The van der Waals surface area contributed by atoms with Gasteiger partial charge in [0, 0.05) is 5.39 Å². The van der Waals surface area contributed by atoms with Gasteiger partial charge in [-0.05, 0) is 17.0 Å². The molecule has 7 nitrogen and oxygen atoms in total. The van der Waals surface area contributed by atoms with Crippen LogP contribution in [-0.4, -0.2) is 27.7 Å². The molecule has 0 fully saturated rings. The Morgan fingerprint density at radius 1 is 1.28 bits per heavy atom. The zero-order valence-electron chi connectivity index (χ0n) is 13.3. The van der Waals surface area contributed by atoms with E-state index < -0.39 is 5.97 Å². The zero-order valence-corrected chi connectivity index (χ0v) is 14.1. The lowest BCUT2D eigenvalue weighted by Gasteiger charge is -2.13. The summed E-state index contributed by atoms with van der Waals surface area (Å²) >= 11 is 1.48. The van der Waals surface area contributed by atoms with Crippen molar-refractivity contribution in [2.24, 2.45) is 0 Å². The Morgan fingerprint density at radius 3 is 2.84 bits per heavy atom. The van der Waals surface area contributed by atoms with E-state index in [4.69, 9.17) is 15.2 Å². The molecule has 25 heavy (non-hydrogen) atoms. The third-order valence-electron chi connectivity index (χ3n) is 3.77. The van der Waals surface area contributed by atoms with E-state index >= 15 is 0 Å². The SMILES string of the molecule is COC(=O)c1c(OCc2ccccc2)c2ccsc2c2nc(N)nn12. The summed E-state index contributed by atoms with van der Waals surface area (Å²) in [5, 5.41) is 6.82. The first-order chi connectivity index (χ1) is 12.2. The van der Waals surface area contributed by atoms with Crippen molar-refractivity contribution in [2.75, 3.05) is 12.8 Å². The number of nitrogen functional groups attached to an aromatic ring is 1. The lowest BCUT2D eigenvalue weighted by atomic mass is 10.2. The first-order valence-corrected chi connectivity index (χ1v) is 8.37. The maximum atomic E-state index is 12.4. The molecule has 0 radical (unpaired) electrons. The second kappa shape index (κ2) is 6.06. The molecule has 3 aromatic heterocycles. The van der Waals surface area contributed by atoms with Crippen molar-refractivity contribution < 1.29 is 14.3 Å². The largest absolute Gasteiger partial charge is 0.486 e. The number of ether oxygens (including phenoxy) is 2. The van der Waals surface area contributed by atoms with E-state index in [0.717, 1.165) is 15.6 Å². The van der Waals surface area contributed by atoms with E-state index in [0.29, 0.717) is 18.0 Å². The summed E-state index contributed by atoms with van der Waals surface area (Å²) in [6.45, 7) is 0.311. The van der Waals surface area contributed by atoms with Gasteiger partial charge in [-0.25, -0.2) is 4.79 Å². The molecular formula is C17H14N4O3S. The summed E-state index contributed by atoms with van der Waals surface area (Å²) < 4.78 is 13.2. The molecule has 0 aliphatic carbocycles. The molecule has 0 aliphatic heterocycles. The average molecular weight is 354 g/mol. The minimum Gasteiger partial charge on any atom is -0.486 e. The highest BCUT2D eigenvalue weighted by atomic mass is 32.1. The first-order valence-electron chi connectivity index (χ1n) is 7.49. The number of hydrogen-bond acceptors (Lipinski definition) is 7. The molecule has 3 heterocycles. The fourth-order valence-corrected chi connectivity index (χ4v) is 3.53. The van der Waals surface area contributed by atoms with Crippen molar-refractivity contribution in [3.8, 4) is 5.75 Å². The Kier molecular flexibility index (Phi) is 3.73.